The van der Waals surface area contributed by atoms with E-state index in [9.17, 15) is 13.6 Å². The molecule has 1 aliphatic heterocycles. The summed E-state index contributed by atoms with van der Waals surface area (Å²) in [7, 11) is 0. The van der Waals surface area contributed by atoms with Crippen LogP contribution in [0.5, 0.6) is 0 Å². The smallest absolute Gasteiger partial charge is 0.306 e. The molecule has 1 fully saturated rings. The van der Waals surface area contributed by atoms with Crippen molar-refractivity contribution in [1.82, 2.24) is 9.97 Å². The lowest BCUT2D eigenvalue weighted by atomic mass is 9.97. The lowest BCUT2D eigenvalue weighted by molar-refractivity contribution is -0.142. The van der Waals surface area contributed by atoms with E-state index in [2.05, 4.69) is 15.3 Å². The summed E-state index contributed by atoms with van der Waals surface area (Å²) in [6.07, 6.45) is 1.06. The summed E-state index contributed by atoms with van der Waals surface area (Å²) in [5.74, 6) is -1.19. The molecule has 3 rings (SSSR count). The highest BCUT2D eigenvalue weighted by Gasteiger charge is 2.25. The average molecular weight is 348 g/mol. The molecule has 1 aliphatic rings. The van der Waals surface area contributed by atoms with Gasteiger partial charge in [-0.05, 0) is 31.9 Å². The number of aliphatic carboxylic acids is 1. The number of piperidine rings is 1. The maximum atomic E-state index is 13.8. The van der Waals surface area contributed by atoms with Crippen LogP contribution in [0, 0.1) is 24.5 Å². The van der Waals surface area contributed by atoms with Gasteiger partial charge < -0.3 is 15.3 Å². The van der Waals surface area contributed by atoms with Gasteiger partial charge in [0.25, 0.3) is 0 Å². The Labute approximate surface area is 143 Å². The summed E-state index contributed by atoms with van der Waals surface area (Å²) in [6, 6.07) is 5.23. The standard InChI is InChI=1S/C17H18F2N4O2/c1-10-20-14(22-16-12(18)3-2-4-13(16)19)9-15(21-10)23-7-5-11(6-8-23)17(24)25/h2-4,9,11H,5-8H2,1H3,(H,24,25)(H,20,21,22). The maximum Gasteiger partial charge on any atom is 0.306 e. The molecule has 0 aliphatic carbocycles. The van der Waals surface area contributed by atoms with Crippen molar-refractivity contribution in [3.8, 4) is 0 Å². The molecule has 1 aromatic carbocycles. The highest BCUT2D eigenvalue weighted by molar-refractivity contribution is 5.70. The predicted octanol–water partition coefficient (Wildman–Crippen LogP) is 3.11. The van der Waals surface area contributed by atoms with Crippen LogP contribution in [0.25, 0.3) is 0 Å². The second kappa shape index (κ2) is 7.00. The zero-order valence-corrected chi connectivity index (χ0v) is 13.7. The van der Waals surface area contributed by atoms with E-state index < -0.39 is 17.6 Å². The van der Waals surface area contributed by atoms with Crippen molar-refractivity contribution in [3.05, 3.63) is 41.7 Å². The number of carbonyl (C=O) groups is 1. The van der Waals surface area contributed by atoms with Crippen LogP contribution in [-0.2, 0) is 4.79 Å². The monoisotopic (exact) mass is 348 g/mol. The summed E-state index contributed by atoms with van der Waals surface area (Å²) in [6.45, 7) is 2.80. The molecule has 2 N–H and O–H groups in total. The number of rotatable bonds is 4. The van der Waals surface area contributed by atoms with Gasteiger partial charge in [0.05, 0.1) is 5.92 Å². The Morgan fingerprint density at radius 3 is 2.48 bits per heavy atom. The average Bonchev–Trinajstić information content (AvgIpc) is 2.58. The van der Waals surface area contributed by atoms with Crippen molar-refractivity contribution < 1.29 is 18.7 Å². The van der Waals surface area contributed by atoms with Gasteiger partial charge in [0.2, 0.25) is 0 Å². The Morgan fingerprint density at radius 1 is 1.24 bits per heavy atom. The van der Waals surface area contributed by atoms with Crippen molar-refractivity contribution in [1.29, 1.82) is 0 Å². The summed E-state index contributed by atoms with van der Waals surface area (Å²) in [5.41, 5.74) is -0.267. The number of aromatic nitrogens is 2. The van der Waals surface area contributed by atoms with E-state index in [1.54, 1.807) is 13.0 Å². The number of anilines is 3. The van der Waals surface area contributed by atoms with E-state index in [1.807, 2.05) is 4.90 Å². The zero-order chi connectivity index (χ0) is 18.0. The number of benzene rings is 1. The lowest BCUT2D eigenvalue weighted by Gasteiger charge is -2.31. The third-order valence-corrected chi connectivity index (χ3v) is 4.21. The van der Waals surface area contributed by atoms with Crippen molar-refractivity contribution in [2.24, 2.45) is 5.92 Å². The molecule has 8 heteroatoms. The summed E-state index contributed by atoms with van der Waals surface area (Å²) in [5, 5.41) is 11.7. The van der Waals surface area contributed by atoms with Gasteiger partial charge in [0.1, 0.15) is 34.8 Å². The molecule has 1 aromatic heterocycles. The molecule has 2 heterocycles. The number of halogens is 2. The molecule has 0 amide bonds. The van der Waals surface area contributed by atoms with Gasteiger partial charge in [-0.25, -0.2) is 18.7 Å². The highest BCUT2D eigenvalue weighted by Crippen LogP contribution is 2.26. The van der Waals surface area contributed by atoms with Gasteiger partial charge in [-0.2, -0.15) is 0 Å². The number of hydrogen-bond donors (Lipinski definition) is 2. The molecule has 1 saturated heterocycles. The largest absolute Gasteiger partial charge is 0.481 e. The van der Waals surface area contributed by atoms with Crippen molar-refractivity contribution in [3.63, 3.8) is 0 Å². The molecule has 6 nitrogen and oxygen atoms in total. The predicted molar refractivity (Wildman–Crippen MR) is 89.0 cm³/mol. The van der Waals surface area contributed by atoms with Crippen LogP contribution in [0.1, 0.15) is 18.7 Å². The summed E-state index contributed by atoms with van der Waals surface area (Å²) >= 11 is 0. The van der Waals surface area contributed by atoms with E-state index in [4.69, 9.17) is 5.11 Å². The first kappa shape index (κ1) is 17.1. The normalized spacial score (nSPS) is 15.2. The minimum absolute atomic E-state index is 0.267. The fraction of sp³-hybridized carbons (Fsp3) is 0.353. The number of nitrogens with zero attached hydrogens (tertiary/aromatic N) is 3. The zero-order valence-electron chi connectivity index (χ0n) is 13.7. The minimum Gasteiger partial charge on any atom is -0.481 e. The quantitative estimate of drug-likeness (QED) is 0.884. The summed E-state index contributed by atoms with van der Waals surface area (Å²) in [4.78, 5) is 21.5. The van der Waals surface area contributed by atoms with Crippen LogP contribution in [0.4, 0.5) is 26.1 Å². The number of carboxylic acids is 1. The maximum absolute atomic E-state index is 13.8. The first-order valence-corrected chi connectivity index (χ1v) is 7.98. The molecule has 0 bridgehead atoms. The lowest BCUT2D eigenvalue weighted by Crippen LogP contribution is -2.36. The molecular weight excluding hydrogens is 330 g/mol. The van der Waals surface area contributed by atoms with Gasteiger partial charge in [-0.15, -0.1) is 0 Å². The molecule has 132 valence electrons. The van der Waals surface area contributed by atoms with Gasteiger partial charge in [-0.1, -0.05) is 6.07 Å². The number of aryl methyl sites for hydroxylation is 1. The van der Waals surface area contributed by atoms with Gasteiger partial charge in [0, 0.05) is 19.2 Å². The Kier molecular flexibility index (Phi) is 4.78. The Bertz CT molecular complexity index is 772. The fourth-order valence-electron chi connectivity index (χ4n) is 2.88. The summed E-state index contributed by atoms with van der Waals surface area (Å²) < 4.78 is 27.6. The molecule has 0 unspecified atom stereocenters. The molecule has 0 radical (unpaired) electrons. The molecule has 25 heavy (non-hydrogen) atoms. The van der Waals surface area contributed by atoms with Crippen molar-refractivity contribution in [2.45, 2.75) is 19.8 Å². The molecule has 2 aromatic rings. The third-order valence-electron chi connectivity index (χ3n) is 4.21. The van der Waals surface area contributed by atoms with E-state index in [0.29, 0.717) is 37.6 Å². The Balaban J connectivity index is 1.81. The van der Waals surface area contributed by atoms with E-state index in [-0.39, 0.29) is 17.4 Å². The second-order valence-electron chi connectivity index (χ2n) is 5.98. The first-order valence-electron chi connectivity index (χ1n) is 7.98. The molecular formula is C17H18F2N4O2. The van der Waals surface area contributed by atoms with Crippen LogP contribution < -0.4 is 10.2 Å². The topological polar surface area (TPSA) is 78.4 Å². The van der Waals surface area contributed by atoms with Gasteiger partial charge in [-0.3, -0.25) is 4.79 Å². The van der Waals surface area contributed by atoms with Crippen LogP contribution in [-0.4, -0.2) is 34.1 Å². The first-order chi connectivity index (χ1) is 11.9. The van der Waals surface area contributed by atoms with E-state index >= 15 is 0 Å². The van der Waals surface area contributed by atoms with Gasteiger partial charge in [0.15, 0.2) is 0 Å². The fourth-order valence-corrected chi connectivity index (χ4v) is 2.88. The third kappa shape index (κ3) is 3.84. The molecule has 0 spiro atoms. The second-order valence-corrected chi connectivity index (χ2v) is 5.98. The Morgan fingerprint density at radius 2 is 1.88 bits per heavy atom. The van der Waals surface area contributed by atoms with Crippen LogP contribution >= 0.6 is 0 Å². The molecule has 0 atom stereocenters. The van der Waals surface area contributed by atoms with Crippen LogP contribution in [0.3, 0.4) is 0 Å². The SMILES string of the molecule is Cc1nc(Nc2c(F)cccc2F)cc(N2CCC(C(=O)O)CC2)n1. The molecule has 0 saturated carbocycles. The van der Waals surface area contributed by atoms with Crippen molar-refractivity contribution in [2.75, 3.05) is 23.3 Å². The number of nitrogens with one attached hydrogen (secondary N) is 1. The highest BCUT2D eigenvalue weighted by atomic mass is 19.1. The Hall–Kier alpha value is -2.77. The van der Waals surface area contributed by atoms with Gasteiger partial charge >= 0.3 is 5.97 Å². The number of carboxylic acid groups (broad SMARTS) is 1. The minimum atomic E-state index is -0.782. The van der Waals surface area contributed by atoms with Crippen LogP contribution in [0.2, 0.25) is 0 Å². The van der Waals surface area contributed by atoms with E-state index in [1.165, 1.54) is 6.07 Å². The number of hydrogen-bond acceptors (Lipinski definition) is 5. The number of para-hydroxylation sites is 1. The van der Waals surface area contributed by atoms with E-state index in [0.717, 1.165) is 12.1 Å². The van der Waals surface area contributed by atoms with Crippen LogP contribution in [0.15, 0.2) is 24.3 Å². The van der Waals surface area contributed by atoms with Crippen molar-refractivity contribution >= 4 is 23.3 Å².